The molecule has 0 heterocycles. The molecule has 0 aromatic heterocycles. The van der Waals surface area contributed by atoms with Gasteiger partial charge in [0.2, 0.25) is 0 Å². The molecular weight excluding hydrogens is 260 g/mol. The van der Waals surface area contributed by atoms with Gasteiger partial charge in [-0.1, -0.05) is 30.9 Å². The number of anilines is 1. The summed E-state index contributed by atoms with van der Waals surface area (Å²) in [5.74, 6) is 0.716. The Morgan fingerprint density at radius 2 is 2.21 bits per heavy atom. The van der Waals surface area contributed by atoms with E-state index in [1.165, 1.54) is 25.7 Å². The topological polar surface area (TPSA) is 41.1 Å². The number of carbonyl (C=O) groups excluding carboxylic acids is 1. The molecule has 1 aliphatic rings. The maximum atomic E-state index is 11.7. The van der Waals surface area contributed by atoms with Crippen molar-refractivity contribution in [3.8, 4) is 0 Å². The van der Waals surface area contributed by atoms with Gasteiger partial charge in [0.15, 0.2) is 0 Å². The van der Waals surface area contributed by atoms with Crippen LogP contribution in [0.25, 0.3) is 0 Å². The standard InChI is InChI=1S/C15H21ClN2O/c1-10(8-11-4-3-5-11)18-12-6-7-14(16)13(9-12)15(19)17-2/h6-7,9-11,18H,3-5,8H2,1-2H3,(H,17,19). The highest BCUT2D eigenvalue weighted by Crippen LogP contribution is 2.31. The van der Waals surface area contributed by atoms with Gasteiger partial charge < -0.3 is 10.6 Å². The minimum absolute atomic E-state index is 0.153. The fraction of sp³-hybridized carbons (Fsp3) is 0.533. The minimum atomic E-state index is -0.153. The molecule has 4 heteroatoms. The van der Waals surface area contributed by atoms with Crippen LogP contribution in [-0.4, -0.2) is 19.0 Å². The Kier molecular flexibility index (Phi) is 4.70. The lowest BCUT2D eigenvalue weighted by atomic mass is 9.81. The van der Waals surface area contributed by atoms with Gasteiger partial charge in [-0.05, 0) is 37.5 Å². The second-order valence-electron chi connectivity index (χ2n) is 5.35. The summed E-state index contributed by atoms with van der Waals surface area (Å²) in [5.41, 5.74) is 1.47. The lowest BCUT2D eigenvalue weighted by Gasteiger charge is -2.29. The number of hydrogen-bond donors (Lipinski definition) is 2. The van der Waals surface area contributed by atoms with Gasteiger partial charge in [-0.3, -0.25) is 4.79 Å². The third kappa shape index (κ3) is 3.63. The van der Waals surface area contributed by atoms with Crippen LogP contribution in [0.2, 0.25) is 5.02 Å². The largest absolute Gasteiger partial charge is 0.383 e. The summed E-state index contributed by atoms with van der Waals surface area (Å²) in [4.78, 5) is 11.7. The van der Waals surface area contributed by atoms with Crippen molar-refractivity contribution >= 4 is 23.2 Å². The van der Waals surface area contributed by atoms with E-state index in [1.54, 1.807) is 13.1 Å². The Morgan fingerprint density at radius 3 is 2.79 bits per heavy atom. The molecule has 1 aliphatic carbocycles. The molecule has 1 fully saturated rings. The highest BCUT2D eigenvalue weighted by Gasteiger charge is 2.20. The zero-order valence-corrected chi connectivity index (χ0v) is 12.3. The first kappa shape index (κ1) is 14.2. The predicted molar refractivity (Wildman–Crippen MR) is 79.9 cm³/mol. The van der Waals surface area contributed by atoms with Gasteiger partial charge in [-0.2, -0.15) is 0 Å². The van der Waals surface area contributed by atoms with Crippen LogP contribution >= 0.6 is 11.6 Å². The summed E-state index contributed by atoms with van der Waals surface area (Å²) in [5, 5.41) is 6.53. The van der Waals surface area contributed by atoms with Crippen LogP contribution in [0.5, 0.6) is 0 Å². The van der Waals surface area contributed by atoms with Crippen molar-refractivity contribution in [3.63, 3.8) is 0 Å². The summed E-state index contributed by atoms with van der Waals surface area (Å²) >= 11 is 6.03. The number of rotatable bonds is 5. The molecule has 1 unspecified atom stereocenters. The minimum Gasteiger partial charge on any atom is -0.383 e. The first-order valence-corrected chi connectivity index (χ1v) is 7.26. The highest BCUT2D eigenvalue weighted by molar-refractivity contribution is 6.34. The van der Waals surface area contributed by atoms with Crippen molar-refractivity contribution in [2.45, 2.75) is 38.6 Å². The van der Waals surface area contributed by atoms with E-state index < -0.39 is 0 Å². The number of nitrogens with one attached hydrogen (secondary N) is 2. The van der Waals surface area contributed by atoms with Gasteiger partial charge in [-0.25, -0.2) is 0 Å². The van der Waals surface area contributed by atoms with E-state index in [4.69, 9.17) is 11.6 Å². The molecule has 19 heavy (non-hydrogen) atoms. The quantitative estimate of drug-likeness (QED) is 0.864. The summed E-state index contributed by atoms with van der Waals surface area (Å²) < 4.78 is 0. The van der Waals surface area contributed by atoms with Crippen LogP contribution in [0.3, 0.4) is 0 Å². The zero-order valence-electron chi connectivity index (χ0n) is 11.5. The molecule has 104 valence electrons. The maximum Gasteiger partial charge on any atom is 0.252 e. The molecule has 1 aromatic rings. The number of halogens is 1. The third-order valence-electron chi connectivity index (χ3n) is 3.76. The molecule has 1 amide bonds. The lowest BCUT2D eigenvalue weighted by molar-refractivity contribution is 0.0963. The summed E-state index contributed by atoms with van der Waals surface area (Å²) in [6.07, 6.45) is 5.28. The molecule has 0 radical (unpaired) electrons. The van der Waals surface area contributed by atoms with Crippen molar-refractivity contribution in [3.05, 3.63) is 28.8 Å². The Labute approximate surface area is 119 Å². The SMILES string of the molecule is CNC(=O)c1cc(NC(C)CC2CCC2)ccc1Cl. The van der Waals surface area contributed by atoms with Gasteiger partial charge in [0.1, 0.15) is 0 Å². The molecule has 1 saturated carbocycles. The maximum absolute atomic E-state index is 11.7. The highest BCUT2D eigenvalue weighted by atomic mass is 35.5. The number of carbonyl (C=O) groups is 1. The van der Waals surface area contributed by atoms with Crippen molar-refractivity contribution in [1.29, 1.82) is 0 Å². The molecule has 2 N–H and O–H groups in total. The van der Waals surface area contributed by atoms with Crippen LogP contribution in [0.4, 0.5) is 5.69 Å². The van der Waals surface area contributed by atoms with E-state index in [-0.39, 0.29) is 5.91 Å². The molecule has 0 saturated heterocycles. The first-order valence-electron chi connectivity index (χ1n) is 6.88. The molecule has 0 spiro atoms. The van der Waals surface area contributed by atoms with E-state index >= 15 is 0 Å². The van der Waals surface area contributed by atoms with Gasteiger partial charge in [0.05, 0.1) is 10.6 Å². The molecule has 3 nitrogen and oxygen atoms in total. The molecule has 1 aromatic carbocycles. The smallest absolute Gasteiger partial charge is 0.252 e. The molecule has 2 rings (SSSR count). The van der Waals surface area contributed by atoms with Gasteiger partial charge in [-0.15, -0.1) is 0 Å². The van der Waals surface area contributed by atoms with Crippen LogP contribution in [-0.2, 0) is 0 Å². The monoisotopic (exact) mass is 280 g/mol. The van der Waals surface area contributed by atoms with E-state index in [9.17, 15) is 4.79 Å². The molecule has 0 aliphatic heterocycles. The van der Waals surface area contributed by atoms with Gasteiger partial charge in [0, 0.05) is 18.8 Å². The number of amides is 1. The Hall–Kier alpha value is -1.22. The fourth-order valence-electron chi connectivity index (χ4n) is 2.50. The third-order valence-corrected chi connectivity index (χ3v) is 4.09. The van der Waals surface area contributed by atoms with Crippen LogP contribution in [0, 0.1) is 5.92 Å². The molecule has 1 atom stereocenters. The fourth-order valence-corrected chi connectivity index (χ4v) is 2.70. The van der Waals surface area contributed by atoms with Crippen molar-refractivity contribution in [2.75, 3.05) is 12.4 Å². The average molecular weight is 281 g/mol. The van der Waals surface area contributed by atoms with Crippen molar-refractivity contribution in [1.82, 2.24) is 5.32 Å². The first-order chi connectivity index (χ1) is 9.10. The summed E-state index contributed by atoms with van der Waals surface area (Å²) in [6.45, 7) is 2.19. The van der Waals surface area contributed by atoms with Gasteiger partial charge in [0.25, 0.3) is 5.91 Å². The Bertz CT molecular complexity index is 457. The molecular formula is C15H21ClN2O. The number of benzene rings is 1. The number of hydrogen-bond acceptors (Lipinski definition) is 2. The van der Waals surface area contributed by atoms with E-state index in [1.807, 2.05) is 12.1 Å². The van der Waals surface area contributed by atoms with Crippen molar-refractivity contribution in [2.24, 2.45) is 5.92 Å². The van der Waals surface area contributed by atoms with Crippen molar-refractivity contribution < 1.29 is 4.79 Å². The normalized spacial score (nSPS) is 16.6. The second kappa shape index (κ2) is 6.29. The van der Waals surface area contributed by atoms with Gasteiger partial charge >= 0.3 is 0 Å². The average Bonchev–Trinajstić information content (AvgIpc) is 2.35. The second-order valence-corrected chi connectivity index (χ2v) is 5.76. The van der Waals surface area contributed by atoms with E-state index in [0.717, 1.165) is 11.6 Å². The van der Waals surface area contributed by atoms with E-state index in [0.29, 0.717) is 16.6 Å². The van der Waals surface area contributed by atoms with Crippen LogP contribution < -0.4 is 10.6 Å². The molecule has 0 bridgehead atoms. The van der Waals surface area contributed by atoms with Crippen LogP contribution in [0.15, 0.2) is 18.2 Å². The zero-order chi connectivity index (χ0) is 13.8. The Balaban J connectivity index is 2.01. The van der Waals surface area contributed by atoms with Crippen LogP contribution in [0.1, 0.15) is 43.0 Å². The Morgan fingerprint density at radius 1 is 1.47 bits per heavy atom. The van der Waals surface area contributed by atoms with E-state index in [2.05, 4.69) is 17.6 Å². The predicted octanol–water partition coefficient (Wildman–Crippen LogP) is 3.69. The lowest BCUT2D eigenvalue weighted by Crippen LogP contribution is -2.23. The summed E-state index contributed by atoms with van der Waals surface area (Å²) in [6, 6.07) is 5.93. The summed E-state index contributed by atoms with van der Waals surface area (Å²) in [7, 11) is 1.61.